The Hall–Kier alpha value is 0.500. The standard InChI is InChI=1S/C2H7ClN2.ClH/c1-2(3)5-4;/h2,5H,4H2,1H3;1H. The van der Waals surface area contributed by atoms with Crippen LogP contribution in [0.2, 0.25) is 0 Å². The molecule has 0 radical (unpaired) electrons. The first-order valence-corrected chi connectivity index (χ1v) is 1.81. The largest absolute Gasteiger partial charge is 0.270 e. The summed E-state index contributed by atoms with van der Waals surface area (Å²) in [6, 6.07) is 0. The van der Waals surface area contributed by atoms with E-state index < -0.39 is 0 Å². The second-order valence-electron chi connectivity index (χ2n) is 0.783. The molecule has 0 aliphatic carbocycles. The van der Waals surface area contributed by atoms with Crippen molar-refractivity contribution in [2.45, 2.75) is 12.4 Å². The number of nitrogens with two attached hydrogens (primary N) is 1. The molecule has 0 spiro atoms. The fraction of sp³-hybridized carbons (Fsp3) is 1.00. The normalized spacial score (nSPS) is 12.5. The van der Waals surface area contributed by atoms with Gasteiger partial charge in [0.05, 0.1) is 5.50 Å². The Morgan fingerprint density at radius 1 is 1.83 bits per heavy atom. The topological polar surface area (TPSA) is 38.0 Å². The van der Waals surface area contributed by atoms with Crippen molar-refractivity contribution in [3.05, 3.63) is 0 Å². The van der Waals surface area contributed by atoms with E-state index in [-0.39, 0.29) is 17.9 Å². The molecule has 40 valence electrons. The highest BCUT2D eigenvalue weighted by Crippen LogP contribution is 1.79. The highest BCUT2D eigenvalue weighted by atomic mass is 35.5. The molecule has 0 fully saturated rings. The van der Waals surface area contributed by atoms with Gasteiger partial charge < -0.3 is 0 Å². The van der Waals surface area contributed by atoms with Gasteiger partial charge in [0, 0.05) is 0 Å². The van der Waals surface area contributed by atoms with Gasteiger partial charge in [0.25, 0.3) is 0 Å². The summed E-state index contributed by atoms with van der Waals surface area (Å²) >= 11 is 5.23. The van der Waals surface area contributed by atoms with Crippen molar-refractivity contribution < 1.29 is 0 Å². The van der Waals surface area contributed by atoms with Crippen LogP contribution in [0.1, 0.15) is 6.92 Å². The molecular formula is C2H8Cl2N2. The lowest BCUT2D eigenvalue weighted by molar-refractivity contribution is 0.724. The average molecular weight is 131 g/mol. The minimum absolute atomic E-state index is 0. The summed E-state index contributed by atoms with van der Waals surface area (Å²) in [6.45, 7) is 1.75. The third-order valence-corrected chi connectivity index (χ3v) is 0.356. The van der Waals surface area contributed by atoms with Crippen LogP contribution in [0.4, 0.5) is 0 Å². The summed E-state index contributed by atoms with van der Waals surface area (Å²) in [5.41, 5.74) is 2.18. The predicted molar refractivity (Wildman–Crippen MR) is 29.9 cm³/mol. The van der Waals surface area contributed by atoms with Crippen molar-refractivity contribution in [2.75, 3.05) is 0 Å². The lowest BCUT2D eigenvalue weighted by atomic mass is 10.8. The van der Waals surface area contributed by atoms with E-state index in [4.69, 9.17) is 17.4 Å². The van der Waals surface area contributed by atoms with Crippen molar-refractivity contribution >= 4 is 24.0 Å². The van der Waals surface area contributed by atoms with Crippen LogP contribution in [0, 0.1) is 0 Å². The third kappa shape index (κ3) is 8.82. The van der Waals surface area contributed by atoms with Crippen molar-refractivity contribution in [3.63, 3.8) is 0 Å². The van der Waals surface area contributed by atoms with Gasteiger partial charge in [0.2, 0.25) is 0 Å². The molecule has 6 heavy (non-hydrogen) atoms. The number of nitrogens with one attached hydrogen (secondary N) is 1. The summed E-state index contributed by atoms with van der Waals surface area (Å²) in [7, 11) is 0. The maximum absolute atomic E-state index is 5.23. The Balaban J connectivity index is 0. The molecule has 0 rings (SSSR count). The molecule has 1 atom stereocenters. The Morgan fingerprint density at radius 2 is 2.00 bits per heavy atom. The van der Waals surface area contributed by atoms with Crippen LogP contribution in [-0.4, -0.2) is 5.50 Å². The van der Waals surface area contributed by atoms with Crippen LogP contribution in [0.25, 0.3) is 0 Å². The molecule has 0 amide bonds. The number of rotatable bonds is 1. The zero-order valence-electron chi connectivity index (χ0n) is 3.44. The Kier molecular flexibility index (Phi) is 8.90. The van der Waals surface area contributed by atoms with Gasteiger partial charge in [0.15, 0.2) is 0 Å². The van der Waals surface area contributed by atoms with Crippen molar-refractivity contribution in [1.82, 2.24) is 5.43 Å². The summed E-state index contributed by atoms with van der Waals surface area (Å²) in [6.07, 6.45) is 0. The van der Waals surface area contributed by atoms with Crippen molar-refractivity contribution in [1.29, 1.82) is 0 Å². The lowest BCUT2D eigenvalue weighted by Crippen LogP contribution is -2.27. The number of alkyl halides is 1. The zero-order valence-corrected chi connectivity index (χ0v) is 5.01. The van der Waals surface area contributed by atoms with E-state index >= 15 is 0 Å². The maximum Gasteiger partial charge on any atom is 0.0921 e. The molecule has 0 aromatic rings. The van der Waals surface area contributed by atoms with Crippen molar-refractivity contribution in [3.8, 4) is 0 Å². The van der Waals surface area contributed by atoms with E-state index in [0.717, 1.165) is 0 Å². The molecule has 0 aliphatic heterocycles. The first-order chi connectivity index (χ1) is 2.27. The number of hydrogen-bond donors (Lipinski definition) is 2. The average Bonchev–Trinajstić information content (AvgIpc) is 1.38. The van der Waals surface area contributed by atoms with E-state index in [1.165, 1.54) is 0 Å². The smallest absolute Gasteiger partial charge is 0.0921 e. The molecule has 0 heterocycles. The molecule has 0 aromatic heterocycles. The van der Waals surface area contributed by atoms with Crippen LogP contribution in [-0.2, 0) is 0 Å². The minimum Gasteiger partial charge on any atom is -0.270 e. The van der Waals surface area contributed by atoms with Crippen molar-refractivity contribution in [2.24, 2.45) is 5.84 Å². The van der Waals surface area contributed by atoms with E-state index in [9.17, 15) is 0 Å². The van der Waals surface area contributed by atoms with Crippen LogP contribution in [0.15, 0.2) is 0 Å². The Morgan fingerprint density at radius 3 is 2.00 bits per heavy atom. The fourth-order valence-corrected chi connectivity index (χ4v) is 0. The van der Waals surface area contributed by atoms with E-state index in [0.29, 0.717) is 0 Å². The first kappa shape index (κ1) is 9.71. The molecule has 0 aliphatic rings. The Labute approximate surface area is 48.4 Å². The molecule has 0 bridgehead atoms. The summed E-state index contributed by atoms with van der Waals surface area (Å²) in [5.74, 6) is 4.79. The van der Waals surface area contributed by atoms with Gasteiger partial charge >= 0.3 is 0 Å². The van der Waals surface area contributed by atoms with Gasteiger partial charge in [-0.15, -0.1) is 24.0 Å². The quantitative estimate of drug-likeness (QED) is 0.235. The molecule has 0 saturated heterocycles. The Bertz CT molecular complexity index is 23.5. The molecule has 3 N–H and O–H groups in total. The molecule has 0 aromatic carbocycles. The monoisotopic (exact) mass is 130 g/mol. The van der Waals surface area contributed by atoms with E-state index in [2.05, 4.69) is 5.43 Å². The highest BCUT2D eigenvalue weighted by Gasteiger charge is 1.80. The minimum atomic E-state index is -0.116. The van der Waals surface area contributed by atoms with Gasteiger partial charge in [-0.25, -0.2) is 5.43 Å². The predicted octanol–water partition coefficient (Wildman–Crippen LogP) is 0.456. The van der Waals surface area contributed by atoms with Gasteiger partial charge in [-0.2, -0.15) is 0 Å². The SMILES string of the molecule is CC(Cl)NN.Cl. The van der Waals surface area contributed by atoms with Crippen LogP contribution in [0.5, 0.6) is 0 Å². The summed E-state index contributed by atoms with van der Waals surface area (Å²) in [4.78, 5) is 0. The third-order valence-electron chi connectivity index (χ3n) is 0.230. The van der Waals surface area contributed by atoms with Gasteiger partial charge in [-0.05, 0) is 6.92 Å². The molecular weight excluding hydrogens is 123 g/mol. The van der Waals surface area contributed by atoms with Gasteiger partial charge in [0.1, 0.15) is 0 Å². The molecule has 2 nitrogen and oxygen atoms in total. The molecule has 0 saturated carbocycles. The van der Waals surface area contributed by atoms with Crippen LogP contribution in [0.3, 0.4) is 0 Å². The fourth-order valence-electron chi connectivity index (χ4n) is 0. The van der Waals surface area contributed by atoms with Gasteiger partial charge in [-0.1, -0.05) is 0 Å². The second kappa shape index (κ2) is 5.50. The molecule has 4 heteroatoms. The van der Waals surface area contributed by atoms with E-state index in [1.54, 1.807) is 6.92 Å². The maximum atomic E-state index is 5.23. The number of hydrogen-bond acceptors (Lipinski definition) is 2. The second-order valence-corrected chi connectivity index (χ2v) is 1.44. The number of hydrazine groups is 1. The van der Waals surface area contributed by atoms with Gasteiger partial charge in [-0.3, -0.25) is 5.84 Å². The first-order valence-electron chi connectivity index (χ1n) is 1.37. The van der Waals surface area contributed by atoms with Crippen LogP contribution >= 0.6 is 24.0 Å². The highest BCUT2D eigenvalue weighted by molar-refractivity contribution is 6.20. The molecule has 1 unspecified atom stereocenters. The van der Waals surface area contributed by atoms with E-state index in [1.807, 2.05) is 0 Å². The lowest BCUT2D eigenvalue weighted by Gasteiger charge is -1.92. The zero-order chi connectivity index (χ0) is 4.28. The summed E-state index contributed by atoms with van der Waals surface area (Å²) < 4.78 is 0. The summed E-state index contributed by atoms with van der Waals surface area (Å²) in [5, 5.41) is 0. The number of halogens is 2. The van der Waals surface area contributed by atoms with Crippen LogP contribution < -0.4 is 11.3 Å².